The van der Waals surface area contributed by atoms with E-state index in [1.165, 1.54) is 5.56 Å². The van der Waals surface area contributed by atoms with Gasteiger partial charge in [0.1, 0.15) is 0 Å². The van der Waals surface area contributed by atoms with Crippen molar-refractivity contribution in [2.75, 3.05) is 20.1 Å². The molecule has 0 aromatic carbocycles. The lowest BCUT2D eigenvalue weighted by molar-refractivity contribution is -0.131. The summed E-state index contributed by atoms with van der Waals surface area (Å²) < 4.78 is 0. The highest BCUT2D eigenvalue weighted by Gasteiger charge is 2.14. The van der Waals surface area contributed by atoms with Gasteiger partial charge in [0.25, 0.3) is 0 Å². The maximum Gasteiger partial charge on any atom is 0.239 e. The monoisotopic (exact) mass is 235 g/mol. The number of aromatic nitrogens is 1. The van der Waals surface area contributed by atoms with Crippen LogP contribution in [0.25, 0.3) is 0 Å². The Hall–Kier alpha value is -1.42. The average molecular weight is 235 g/mol. The Labute approximate surface area is 103 Å². The van der Waals surface area contributed by atoms with Crippen LogP contribution < -0.4 is 5.32 Å². The van der Waals surface area contributed by atoms with Gasteiger partial charge in [0.2, 0.25) is 5.91 Å². The number of nitrogens with zero attached hydrogens (tertiary/aromatic N) is 2. The van der Waals surface area contributed by atoms with Gasteiger partial charge in [0, 0.05) is 26.0 Å². The summed E-state index contributed by atoms with van der Waals surface area (Å²) in [6, 6.07) is 3.84. The molecule has 1 rings (SSSR count). The van der Waals surface area contributed by atoms with Crippen LogP contribution in [0.4, 0.5) is 0 Å². The Bertz CT molecular complexity index is 340. The largest absolute Gasteiger partial charge is 0.345 e. The molecule has 0 spiro atoms. The Kier molecular flexibility index (Phi) is 5.63. The Balaban J connectivity index is 2.29. The third-order valence-corrected chi connectivity index (χ3v) is 2.81. The molecular weight excluding hydrogens is 214 g/mol. The molecule has 1 unspecified atom stereocenters. The van der Waals surface area contributed by atoms with E-state index in [0.29, 0.717) is 0 Å². The summed E-state index contributed by atoms with van der Waals surface area (Å²) in [6.07, 6.45) is 4.51. The van der Waals surface area contributed by atoms with Crippen molar-refractivity contribution >= 4 is 5.91 Å². The molecule has 17 heavy (non-hydrogen) atoms. The molecule has 0 aliphatic heterocycles. The maximum atomic E-state index is 11.8. The van der Waals surface area contributed by atoms with E-state index in [1.54, 1.807) is 11.1 Å². The second-order valence-corrected chi connectivity index (χ2v) is 4.14. The van der Waals surface area contributed by atoms with Crippen molar-refractivity contribution in [3.63, 3.8) is 0 Å². The van der Waals surface area contributed by atoms with Crippen LogP contribution in [0.2, 0.25) is 0 Å². The molecule has 4 heteroatoms. The van der Waals surface area contributed by atoms with E-state index in [4.69, 9.17) is 0 Å². The first kappa shape index (κ1) is 13.6. The van der Waals surface area contributed by atoms with Gasteiger partial charge in [0.15, 0.2) is 0 Å². The molecule has 1 aromatic rings. The molecule has 0 bridgehead atoms. The fourth-order valence-corrected chi connectivity index (χ4v) is 1.55. The zero-order valence-corrected chi connectivity index (χ0v) is 10.8. The fourth-order valence-electron chi connectivity index (χ4n) is 1.55. The van der Waals surface area contributed by atoms with E-state index in [0.717, 1.165) is 19.5 Å². The molecule has 0 aliphatic rings. The van der Waals surface area contributed by atoms with Gasteiger partial charge < -0.3 is 10.2 Å². The number of carbonyl (C=O) groups excluding carboxylic acids is 1. The van der Waals surface area contributed by atoms with Crippen LogP contribution >= 0.6 is 0 Å². The number of likely N-dealkylation sites (N-methyl/N-ethyl adjacent to an activating group) is 1. The van der Waals surface area contributed by atoms with Crippen LogP contribution in [-0.4, -0.2) is 42.0 Å². The standard InChI is InChI=1S/C13H21N3O/c1-4-16(3)13(17)11(2)15-9-7-12-6-5-8-14-10-12/h5-6,8,10-11,15H,4,7,9H2,1-3H3. The lowest BCUT2D eigenvalue weighted by Crippen LogP contribution is -2.43. The first-order chi connectivity index (χ1) is 8.15. The SMILES string of the molecule is CCN(C)C(=O)C(C)NCCc1cccnc1. The van der Waals surface area contributed by atoms with Gasteiger partial charge in [0.05, 0.1) is 6.04 Å². The average Bonchev–Trinajstić information content (AvgIpc) is 2.38. The van der Waals surface area contributed by atoms with E-state index < -0.39 is 0 Å². The summed E-state index contributed by atoms with van der Waals surface area (Å²) in [7, 11) is 1.82. The number of hydrogen-bond acceptors (Lipinski definition) is 3. The van der Waals surface area contributed by atoms with Gasteiger partial charge in [-0.2, -0.15) is 0 Å². The molecule has 0 saturated heterocycles. The quantitative estimate of drug-likeness (QED) is 0.802. The highest BCUT2D eigenvalue weighted by molar-refractivity contribution is 5.81. The number of hydrogen-bond donors (Lipinski definition) is 1. The number of nitrogens with one attached hydrogen (secondary N) is 1. The Morgan fingerprint density at radius 3 is 2.94 bits per heavy atom. The van der Waals surface area contributed by atoms with Crippen LogP contribution in [0.1, 0.15) is 19.4 Å². The topological polar surface area (TPSA) is 45.2 Å². The molecule has 1 N–H and O–H groups in total. The van der Waals surface area contributed by atoms with E-state index in [1.807, 2.05) is 39.2 Å². The first-order valence-corrected chi connectivity index (χ1v) is 6.02. The molecule has 0 radical (unpaired) electrons. The second kappa shape index (κ2) is 7.01. The minimum Gasteiger partial charge on any atom is -0.345 e. The van der Waals surface area contributed by atoms with Crippen molar-refractivity contribution in [3.05, 3.63) is 30.1 Å². The van der Waals surface area contributed by atoms with Gasteiger partial charge in [-0.3, -0.25) is 9.78 Å². The first-order valence-electron chi connectivity index (χ1n) is 6.02. The number of rotatable bonds is 6. The molecule has 0 aliphatic carbocycles. The van der Waals surface area contributed by atoms with Crippen LogP contribution in [0, 0.1) is 0 Å². The van der Waals surface area contributed by atoms with Crippen molar-refractivity contribution in [1.29, 1.82) is 0 Å². The van der Waals surface area contributed by atoms with Crippen LogP contribution in [0.3, 0.4) is 0 Å². The molecule has 1 aromatic heterocycles. The van der Waals surface area contributed by atoms with Crippen molar-refractivity contribution in [2.45, 2.75) is 26.3 Å². The summed E-state index contributed by atoms with van der Waals surface area (Å²) in [4.78, 5) is 17.5. The van der Waals surface area contributed by atoms with Gasteiger partial charge in [-0.15, -0.1) is 0 Å². The predicted molar refractivity (Wildman–Crippen MR) is 68.7 cm³/mol. The summed E-state index contributed by atoms with van der Waals surface area (Å²) in [5.41, 5.74) is 1.18. The molecule has 1 heterocycles. The molecule has 0 fully saturated rings. The van der Waals surface area contributed by atoms with E-state index >= 15 is 0 Å². The van der Waals surface area contributed by atoms with Crippen LogP contribution in [-0.2, 0) is 11.2 Å². The number of amides is 1. The fraction of sp³-hybridized carbons (Fsp3) is 0.538. The van der Waals surface area contributed by atoms with Crippen molar-refractivity contribution in [1.82, 2.24) is 15.2 Å². The summed E-state index contributed by atoms with van der Waals surface area (Å²) in [5.74, 6) is 0.138. The lowest BCUT2D eigenvalue weighted by atomic mass is 10.2. The zero-order valence-electron chi connectivity index (χ0n) is 10.8. The van der Waals surface area contributed by atoms with Gasteiger partial charge in [-0.05, 0) is 38.4 Å². The van der Waals surface area contributed by atoms with Crippen molar-refractivity contribution < 1.29 is 4.79 Å². The van der Waals surface area contributed by atoms with Gasteiger partial charge in [-0.1, -0.05) is 6.07 Å². The number of carbonyl (C=O) groups is 1. The third-order valence-electron chi connectivity index (χ3n) is 2.81. The summed E-state index contributed by atoms with van der Waals surface area (Å²) in [5, 5.41) is 3.23. The molecule has 4 nitrogen and oxygen atoms in total. The minimum atomic E-state index is -0.128. The summed E-state index contributed by atoms with van der Waals surface area (Å²) >= 11 is 0. The normalized spacial score (nSPS) is 12.2. The van der Waals surface area contributed by atoms with Gasteiger partial charge in [-0.25, -0.2) is 0 Å². The van der Waals surface area contributed by atoms with Gasteiger partial charge >= 0.3 is 0 Å². The maximum absolute atomic E-state index is 11.8. The van der Waals surface area contributed by atoms with E-state index in [9.17, 15) is 4.79 Å². The Morgan fingerprint density at radius 2 is 2.35 bits per heavy atom. The second-order valence-electron chi connectivity index (χ2n) is 4.14. The van der Waals surface area contributed by atoms with Crippen molar-refractivity contribution in [2.24, 2.45) is 0 Å². The lowest BCUT2D eigenvalue weighted by Gasteiger charge is -2.20. The zero-order chi connectivity index (χ0) is 12.7. The molecule has 94 valence electrons. The number of pyridine rings is 1. The van der Waals surface area contributed by atoms with E-state index in [-0.39, 0.29) is 11.9 Å². The highest BCUT2D eigenvalue weighted by atomic mass is 16.2. The predicted octanol–water partition coefficient (Wildman–Crippen LogP) is 1.08. The molecule has 0 saturated carbocycles. The highest BCUT2D eigenvalue weighted by Crippen LogP contribution is 1.97. The Morgan fingerprint density at radius 1 is 1.59 bits per heavy atom. The van der Waals surface area contributed by atoms with Crippen LogP contribution in [0.5, 0.6) is 0 Å². The van der Waals surface area contributed by atoms with Crippen LogP contribution in [0.15, 0.2) is 24.5 Å². The molecule has 1 amide bonds. The smallest absolute Gasteiger partial charge is 0.239 e. The molecular formula is C13H21N3O. The third kappa shape index (κ3) is 4.53. The molecule has 1 atom stereocenters. The summed E-state index contributed by atoms with van der Waals surface area (Å²) in [6.45, 7) is 5.40. The van der Waals surface area contributed by atoms with Crippen molar-refractivity contribution in [3.8, 4) is 0 Å². The minimum absolute atomic E-state index is 0.128. The van der Waals surface area contributed by atoms with E-state index in [2.05, 4.69) is 10.3 Å².